The standard InChI is InChI=1S/C10H11BrClNO2/c1-2-9(13-10(14)15)7-5-6(12)3-4-8(7)11/h3-5,9,13H,2H2,1H3,(H,14,15)/t9-/m1/s1. The molecule has 15 heavy (non-hydrogen) atoms. The van der Waals surface area contributed by atoms with Gasteiger partial charge in [0, 0.05) is 9.50 Å². The Hall–Kier alpha value is -0.740. The van der Waals surface area contributed by atoms with E-state index >= 15 is 0 Å². The van der Waals surface area contributed by atoms with Crippen LogP contribution in [-0.2, 0) is 0 Å². The van der Waals surface area contributed by atoms with Gasteiger partial charge in [-0.1, -0.05) is 34.5 Å². The van der Waals surface area contributed by atoms with Crippen LogP contribution in [0.1, 0.15) is 24.9 Å². The molecular weight excluding hydrogens is 281 g/mol. The minimum Gasteiger partial charge on any atom is -0.465 e. The van der Waals surface area contributed by atoms with Crippen molar-refractivity contribution in [3.05, 3.63) is 33.3 Å². The summed E-state index contributed by atoms with van der Waals surface area (Å²) in [5.41, 5.74) is 0.854. The van der Waals surface area contributed by atoms with E-state index in [1.807, 2.05) is 13.0 Å². The molecule has 0 bridgehead atoms. The van der Waals surface area contributed by atoms with Crippen LogP contribution in [0.3, 0.4) is 0 Å². The van der Waals surface area contributed by atoms with Crippen LogP contribution in [0, 0.1) is 0 Å². The van der Waals surface area contributed by atoms with Gasteiger partial charge in [-0.3, -0.25) is 0 Å². The van der Waals surface area contributed by atoms with E-state index in [1.54, 1.807) is 12.1 Å². The fourth-order valence-corrected chi connectivity index (χ4v) is 2.03. The largest absolute Gasteiger partial charge is 0.465 e. The number of nitrogens with one attached hydrogen (secondary N) is 1. The second-order valence-corrected chi connectivity index (χ2v) is 4.37. The Morgan fingerprint density at radius 1 is 1.67 bits per heavy atom. The lowest BCUT2D eigenvalue weighted by atomic mass is 10.1. The van der Waals surface area contributed by atoms with Crippen molar-refractivity contribution >= 4 is 33.6 Å². The van der Waals surface area contributed by atoms with Gasteiger partial charge in [0.15, 0.2) is 0 Å². The van der Waals surface area contributed by atoms with Crippen molar-refractivity contribution in [1.82, 2.24) is 5.32 Å². The van der Waals surface area contributed by atoms with Crippen LogP contribution in [0.5, 0.6) is 0 Å². The molecule has 0 aliphatic rings. The summed E-state index contributed by atoms with van der Waals surface area (Å²) in [7, 11) is 0. The van der Waals surface area contributed by atoms with E-state index in [-0.39, 0.29) is 6.04 Å². The third-order valence-electron chi connectivity index (χ3n) is 2.04. The Kier molecular flexibility index (Phi) is 4.42. The predicted molar refractivity (Wildman–Crippen MR) is 63.3 cm³/mol. The van der Waals surface area contributed by atoms with Gasteiger partial charge in [-0.25, -0.2) is 4.79 Å². The summed E-state index contributed by atoms with van der Waals surface area (Å²) in [5.74, 6) is 0. The second kappa shape index (κ2) is 5.37. The van der Waals surface area contributed by atoms with Crippen molar-refractivity contribution in [2.24, 2.45) is 0 Å². The number of carbonyl (C=O) groups is 1. The molecule has 1 amide bonds. The number of benzene rings is 1. The highest BCUT2D eigenvalue weighted by Gasteiger charge is 2.14. The molecule has 1 atom stereocenters. The van der Waals surface area contributed by atoms with E-state index in [0.29, 0.717) is 11.4 Å². The van der Waals surface area contributed by atoms with Crippen molar-refractivity contribution in [1.29, 1.82) is 0 Å². The summed E-state index contributed by atoms with van der Waals surface area (Å²) in [6, 6.07) is 5.08. The van der Waals surface area contributed by atoms with Gasteiger partial charge < -0.3 is 10.4 Å². The molecule has 1 aromatic carbocycles. The zero-order valence-electron chi connectivity index (χ0n) is 8.13. The maximum absolute atomic E-state index is 10.6. The first-order chi connectivity index (χ1) is 7.04. The summed E-state index contributed by atoms with van der Waals surface area (Å²) in [4.78, 5) is 10.6. The molecule has 0 fully saturated rings. The topological polar surface area (TPSA) is 49.3 Å². The molecule has 0 spiro atoms. The number of rotatable bonds is 3. The van der Waals surface area contributed by atoms with E-state index in [1.165, 1.54) is 0 Å². The van der Waals surface area contributed by atoms with Gasteiger partial charge in [-0.15, -0.1) is 0 Å². The molecule has 0 saturated carbocycles. The number of hydrogen-bond donors (Lipinski definition) is 2. The molecule has 1 rings (SSSR count). The van der Waals surface area contributed by atoms with Crippen molar-refractivity contribution in [2.75, 3.05) is 0 Å². The molecule has 0 saturated heterocycles. The lowest BCUT2D eigenvalue weighted by molar-refractivity contribution is 0.189. The Bertz CT molecular complexity index is 370. The highest BCUT2D eigenvalue weighted by Crippen LogP contribution is 2.28. The zero-order chi connectivity index (χ0) is 11.4. The van der Waals surface area contributed by atoms with Crippen LogP contribution >= 0.6 is 27.5 Å². The van der Waals surface area contributed by atoms with Crippen molar-refractivity contribution in [3.8, 4) is 0 Å². The van der Waals surface area contributed by atoms with Crippen molar-refractivity contribution < 1.29 is 9.90 Å². The number of amides is 1. The smallest absolute Gasteiger partial charge is 0.405 e. The van der Waals surface area contributed by atoms with Crippen molar-refractivity contribution in [2.45, 2.75) is 19.4 Å². The van der Waals surface area contributed by atoms with Gasteiger partial charge in [-0.2, -0.15) is 0 Å². The predicted octanol–water partition coefficient (Wildman–Crippen LogP) is 3.82. The maximum Gasteiger partial charge on any atom is 0.405 e. The lowest BCUT2D eigenvalue weighted by Crippen LogP contribution is -2.26. The third kappa shape index (κ3) is 3.39. The third-order valence-corrected chi connectivity index (χ3v) is 3.00. The number of halogens is 2. The van der Waals surface area contributed by atoms with Gasteiger partial charge in [0.1, 0.15) is 0 Å². The first-order valence-corrected chi connectivity index (χ1v) is 5.66. The van der Waals surface area contributed by atoms with Crippen LogP contribution in [0.2, 0.25) is 5.02 Å². The normalized spacial score (nSPS) is 12.2. The molecule has 0 aromatic heterocycles. The van der Waals surface area contributed by atoms with Crippen LogP contribution in [0.25, 0.3) is 0 Å². The molecule has 0 aliphatic heterocycles. The minimum absolute atomic E-state index is 0.240. The molecule has 0 aliphatic carbocycles. The van der Waals surface area contributed by atoms with Gasteiger partial charge >= 0.3 is 6.09 Å². The van der Waals surface area contributed by atoms with Gasteiger partial charge in [0.25, 0.3) is 0 Å². The molecule has 1 aromatic rings. The fourth-order valence-electron chi connectivity index (χ4n) is 1.33. The monoisotopic (exact) mass is 291 g/mol. The van der Waals surface area contributed by atoms with Crippen LogP contribution < -0.4 is 5.32 Å². The molecule has 5 heteroatoms. The number of hydrogen-bond acceptors (Lipinski definition) is 1. The molecule has 0 heterocycles. The van der Waals surface area contributed by atoms with Crippen LogP contribution in [-0.4, -0.2) is 11.2 Å². The summed E-state index contributed by atoms with van der Waals surface area (Å²) >= 11 is 9.23. The average molecular weight is 293 g/mol. The van der Waals surface area contributed by atoms with E-state index in [4.69, 9.17) is 16.7 Å². The summed E-state index contributed by atoms with van der Waals surface area (Å²) in [5, 5.41) is 11.7. The summed E-state index contributed by atoms with van der Waals surface area (Å²) < 4.78 is 0.854. The van der Waals surface area contributed by atoms with Crippen LogP contribution in [0.15, 0.2) is 22.7 Å². The van der Waals surface area contributed by atoms with E-state index < -0.39 is 6.09 Å². The van der Waals surface area contributed by atoms with Crippen molar-refractivity contribution in [3.63, 3.8) is 0 Å². The Morgan fingerprint density at radius 2 is 2.33 bits per heavy atom. The molecule has 2 N–H and O–H groups in total. The Morgan fingerprint density at radius 3 is 2.87 bits per heavy atom. The quantitative estimate of drug-likeness (QED) is 0.889. The van der Waals surface area contributed by atoms with Crippen LogP contribution in [0.4, 0.5) is 4.79 Å². The van der Waals surface area contributed by atoms with Gasteiger partial charge in [-0.05, 0) is 30.2 Å². The van der Waals surface area contributed by atoms with Gasteiger partial charge in [0.05, 0.1) is 6.04 Å². The highest BCUT2D eigenvalue weighted by molar-refractivity contribution is 9.10. The Labute approximate surface area is 102 Å². The lowest BCUT2D eigenvalue weighted by Gasteiger charge is -2.17. The minimum atomic E-state index is -1.03. The molecule has 3 nitrogen and oxygen atoms in total. The van der Waals surface area contributed by atoms with Gasteiger partial charge in [0.2, 0.25) is 0 Å². The highest BCUT2D eigenvalue weighted by atomic mass is 79.9. The molecule has 0 unspecified atom stereocenters. The first-order valence-electron chi connectivity index (χ1n) is 4.49. The molecular formula is C10H11BrClNO2. The number of carboxylic acid groups (broad SMARTS) is 1. The fraction of sp³-hybridized carbons (Fsp3) is 0.300. The zero-order valence-corrected chi connectivity index (χ0v) is 10.5. The van der Waals surface area contributed by atoms with E-state index in [2.05, 4.69) is 21.2 Å². The van der Waals surface area contributed by atoms with E-state index in [9.17, 15) is 4.79 Å². The molecule has 82 valence electrons. The summed E-state index contributed by atoms with van der Waals surface area (Å²) in [6.45, 7) is 1.91. The average Bonchev–Trinajstić information content (AvgIpc) is 2.18. The summed E-state index contributed by atoms with van der Waals surface area (Å²) in [6.07, 6.45) is -0.362. The maximum atomic E-state index is 10.6. The van der Waals surface area contributed by atoms with E-state index in [0.717, 1.165) is 10.0 Å². The SMILES string of the molecule is CC[C@@H](NC(=O)O)c1cc(Cl)ccc1Br. The molecule has 0 radical (unpaired) electrons. The second-order valence-electron chi connectivity index (χ2n) is 3.08. The Balaban J connectivity index is 3.00. The first kappa shape index (κ1) is 12.3.